The average Bonchev–Trinajstić information content (AvgIpc) is 3.29. The standard InChI is InChI=1S/C21H27N5O2/c1-22-20(27)16-10-6-12-26(16)21(28)18-17-14-24(2)11-7-13-25(17)19(23-18)15-8-4-3-5-9-15/h3-5,8-9,16H,6-7,10-14H2,1-2H3,(H,22,27)/t16-/m0/s1. The zero-order valence-electron chi connectivity index (χ0n) is 16.5. The number of likely N-dealkylation sites (N-methyl/N-ethyl adjacent to an activating group) is 1. The molecule has 0 bridgehead atoms. The Hall–Kier alpha value is -2.67. The molecule has 0 unspecified atom stereocenters. The van der Waals surface area contributed by atoms with Crippen LogP contribution in [0.15, 0.2) is 30.3 Å². The predicted molar refractivity (Wildman–Crippen MR) is 107 cm³/mol. The van der Waals surface area contributed by atoms with E-state index in [1.165, 1.54) is 0 Å². The number of hydrogen-bond donors (Lipinski definition) is 1. The lowest BCUT2D eigenvalue weighted by molar-refractivity contribution is -0.124. The SMILES string of the molecule is CNC(=O)[C@@H]1CCCN1C(=O)c1nc(-c2ccccc2)n2c1CN(C)CCC2. The highest BCUT2D eigenvalue weighted by atomic mass is 16.2. The zero-order valence-corrected chi connectivity index (χ0v) is 16.5. The summed E-state index contributed by atoms with van der Waals surface area (Å²) in [7, 11) is 3.69. The van der Waals surface area contributed by atoms with Gasteiger partial charge in [-0.1, -0.05) is 30.3 Å². The number of nitrogens with zero attached hydrogens (tertiary/aromatic N) is 4. The Bertz CT molecular complexity index is 876. The van der Waals surface area contributed by atoms with Gasteiger partial charge in [0.05, 0.1) is 5.69 Å². The van der Waals surface area contributed by atoms with Crippen LogP contribution in [0.5, 0.6) is 0 Å². The third-order valence-corrected chi connectivity index (χ3v) is 5.71. The first-order valence-electron chi connectivity index (χ1n) is 9.96. The minimum atomic E-state index is -0.404. The van der Waals surface area contributed by atoms with E-state index in [1.54, 1.807) is 11.9 Å². The van der Waals surface area contributed by atoms with Gasteiger partial charge in [-0.15, -0.1) is 0 Å². The summed E-state index contributed by atoms with van der Waals surface area (Å²) in [5.74, 6) is 0.605. The van der Waals surface area contributed by atoms with Crippen LogP contribution in [-0.4, -0.2) is 64.4 Å². The van der Waals surface area contributed by atoms with Gasteiger partial charge >= 0.3 is 0 Å². The highest BCUT2D eigenvalue weighted by Crippen LogP contribution is 2.28. The summed E-state index contributed by atoms with van der Waals surface area (Å²) in [4.78, 5) is 34.4. The molecule has 1 saturated heterocycles. The molecule has 2 aliphatic rings. The molecule has 1 atom stereocenters. The molecule has 0 saturated carbocycles. The van der Waals surface area contributed by atoms with Crippen LogP contribution in [0.4, 0.5) is 0 Å². The number of fused-ring (bicyclic) bond motifs is 1. The van der Waals surface area contributed by atoms with Gasteiger partial charge in [-0.2, -0.15) is 0 Å². The van der Waals surface area contributed by atoms with E-state index in [1.807, 2.05) is 30.3 Å². The zero-order chi connectivity index (χ0) is 19.7. The number of benzene rings is 1. The quantitative estimate of drug-likeness (QED) is 0.879. The van der Waals surface area contributed by atoms with Crippen molar-refractivity contribution < 1.29 is 9.59 Å². The van der Waals surface area contributed by atoms with Crippen molar-refractivity contribution >= 4 is 11.8 Å². The average molecular weight is 381 g/mol. The van der Waals surface area contributed by atoms with Crippen molar-refractivity contribution in [3.05, 3.63) is 41.7 Å². The van der Waals surface area contributed by atoms with Crippen LogP contribution in [0, 0.1) is 0 Å². The van der Waals surface area contributed by atoms with Crippen LogP contribution in [0.1, 0.15) is 35.4 Å². The summed E-state index contributed by atoms with van der Waals surface area (Å²) in [6.45, 7) is 3.09. The molecule has 148 valence electrons. The number of hydrogen-bond acceptors (Lipinski definition) is 4. The van der Waals surface area contributed by atoms with Crippen molar-refractivity contribution in [3.8, 4) is 11.4 Å². The molecule has 7 nitrogen and oxygen atoms in total. The van der Waals surface area contributed by atoms with Gasteiger partial charge in [-0.05, 0) is 32.9 Å². The van der Waals surface area contributed by atoms with E-state index in [9.17, 15) is 9.59 Å². The molecular weight excluding hydrogens is 354 g/mol. The van der Waals surface area contributed by atoms with Crippen LogP contribution in [-0.2, 0) is 17.9 Å². The number of likely N-dealkylation sites (tertiary alicyclic amines) is 1. The van der Waals surface area contributed by atoms with Crippen LogP contribution in [0.2, 0.25) is 0 Å². The topological polar surface area (TPSA) is 70.5 Å². The van der Waals surface area contributed by atoms with E-state index in [0.29, 0.717) is 25.2 Å². The molecule has 7 heteroatoms. The first-order valence-corrected chi connectivity index (χ1v) is 9.96. The Morgan fingerprint density at radius 1 is 1.11 bits per heavy atom. The first-order chi connectivity index (χ1) is 13.6. The fourth-order valence-corrected chi connectivity index (χ4v) is 4.28. The lowest BCUT2D eigenvalue weighted by Gasteiger charge is -2.23. The second-order valence-electron chi connectivity index (χ2n) is 7.61. The van der Waals surface area contributed by atoms with Gasteiger partial charge in [0.25, 0.3) is 5.91 Å². The fraction of sp³-hybridized carbons (Fsp3) is 0.476. The number of carbonyl (C=O) groups is 2. The molecule has 1 fully saturated rings. The summed E-state index contributed by atoms with van der Waals surface area (Å²) in [5, 5.41) is 2.69. The second kappa shape index (κ2) is 7.75. The van der Waals surface area contributed by atoms with Gasteiger partial charge in [0, 0.05) is 32.2 Å². The molecule has 3 heterocycles. The maximum Gasteiger partial charge on any atom is 0.275 e. The van der Waals surface area contributed by atoms with Crippen LogP contribution in [0.25, 0.3) is 11.4 Å². The summed E-state index contributed by atoms with van der Waals surface area (Å²) in [6, 6.07) is 9.61. The van der Waals surface area contributed by atoms with Crippen molar-refractivity contribution in [2.45, 2.75) is 38.4 Å². The van der Waals surface area contributed by atoms with E-state index in [0.717, 1.165) is 43.0 Å². The summed E-state index contributed by atoms with van der Waals surface area (Å²) in [5.41, 5.74) is 2.45. The number of imidazole rings is 1. The van der Waals surface area contributed by atoms with Crippen LogP contribution >= 0.6 is 0 Å². The smallest absolute Gasteiger partial charge is 0.275 e. The van der Waals surface area contributed by atoms with Gasteiger partial charge in [-0.25, -0.2) is 4.98 Å². The van der Waals surface area contributed by atoms with E-state index < -0.39 is 6.04 Å². The fourth-order valence-electron chi connectivity index (χ4n) is 4.28. The Balaban J connectivity index is 1.77. The molecule has 2 aliphatic heterocycles. The van der Waals surface area contributed by atoms with E-state index in [-0.39, 0.29) is 11.8 Å². The number of carbonyl (C=O) groups excluding carboxylic acids is 2. The Morgan fingerprint density at radius 2 is 1.89 bits per heavy atom. The van der Waals surface area contributed by atoms with Gasteiger partial charge in [0.15, 0.2) is 5.69 Å². The largest absolute Gasteiger partial charge is 0.357 e. The van der Waals surface area contributed by atoms with E-state index in [2.05, 4.69) is 21.8 Å². The van der Waals surface area contributed by atoms with E-state index in [4.69, 9.17) is 4.98 Å². The molecule has 1 N–H and O–H groups in total. The third kappa shape index (κ3) is 3.30. The molecular formula is C21H27N5O2. The third-order valence-electron chi connectivity index (χ3n) is 5.71. The molecule has 4 rings (SSSR count). The number of rotatable bonds is 3. The molecule has 0 spiro atoms. The molecule has 1 aromatic heterocycles. The van der Waals surface area contributed by atoms with Gasteiger partial charge in [0.1, 0.15) is 11.9 Å². The van der Waals surface area contributed by atoms with Gasteiger partial charge in [0.2, 0.25) is 5.91 Å². The van der Waals surface area contributed by atoms with Crippen molar-refractivity contribution in [1.29, 1.82) is 0 Å². The summed E-state index contributed by atoms with van der Waals surface area (Å²) >= 11 is 0. The normalized spacial score (nSPS) is 19.9. The highest BCUT2D eigenvalue weighted by Gasteiger charge is 2.37. The number of amides is 2. The van der Waals surface area contributed by atoms with Gasteiger partial charge < -0.3 is 19.7 Å². The number of aromatic nitrogens is 2. The van der Waals surface area contributed by atoms with Crippen molar-refractivity contribution in [3.63, 3.8) is 0 Å². The first kappa shape index (κ1) is 18.7. The van der Waals surface area contributed by atoms with Crippen LogP contribution in [0.3, 0.4) is 0 Å². The minimum absolute atomic E-state index is 0.100. The molecule has 2 aromatic rings. The summed E-state index contributed by atoms with van der Waals surface area (Å²) in [6.07, 6.45) is 2.55. The Labute approximate surface area is 165 Å². The molecule has 1 aromatic carbocycles. The van der Waals surface area contributed by atoms with Crippen molar-refractivity contribution in [1.82, 2.24) is 24.7 Å². The maximum absolute atomic E-state index is 13.5. The minimum Gasteiger partial charge on any atom is -0.357 e. The highest BCUT2D eigenvalue weighted by molar-refractivity contribution is 5.98. The van der Waals surface area contributed by atoms with Crippen LogP contribution < -0.4 is 5.32 Å². The molecule has 28 heavy (non-hydrogen) atoms. The van der Waals surface area contributed by atoms with Gasteiger partial charge in [-0.3, -0.25) is 9.59 Å². The van der Waals surface area contributed by atoms with Crippen molar-refractivity contribution in [2.24, 2.45) is 0 Å². The lowest BCUT2D eigenvalue weighted by atomic mass is 10.2. The monoisotopic (exact) mass is 381 g/mol. The Morgan fingerprint density at radius 3 is 2.64 bits per heavy atom. The molecule has 2 amide bonds. The van der Waals surface area contributed by atoms with E-state index >= 15 is 0 Å². The molecule has 0 radical (unpaired) electrons. The number of nitrogens with one attached hydrogen (secondary N) is 1. The summed E-state index contributed by atoms with van der Waals surface area (Å²) < 4.78 is 2.19. The predicted octanol–water partition coefficient (Wildman–Crippen LogP) is 1.74. The lowest BCUT2D eigenvalue weighted by Crippen LogP contribution is -2.45. The maximum atomic E-state index is 13.5. The second-order valence-corrected chi connectivity index (χ2v) is 7.61. The Kier molecular flexibility index (Phi) is 5.17. The molecule has 0 aliphatic carbocycles. The van der Waals surface area contributed by atoms with Crippen molar-refractivity contribution in [2.75, 3.05) is 27.2 Å².